The number of nitrogens with zero attached hydrogens (tertiary/aromatic N) is 1. The lowest BCUT2D eigenvalue weighted by atomic mass is 9.78. The topological polar surface area (TPSA) is 34.2 Å². The zero-order chi connectivity index (χ0) is 11.2. The molecular formula is C11H13ClN2O. The van der Waals surface area contributed by atoms with E-state index in [4.69, 9.17) is 17.7 Å². The minimum atomic E-state index is -0.627. The molecule has 1 aromatic rings. The Morgan fingerprint density at radius 2 is 2.60 bits per heavy atom. The summed E-state index contributed by atoms with van der Waals surface area (Å²) in [5.74, 6) is 0. The Labute approximate surface area is 95.2 Å². The third-order valence-corrected chi connectivity index (χ3v) is 3.62. The third-order valence-electron chi connectivity index (χ3n) is 3.30. The van der Waals surface area contributed by atoms with Crippen molar-refractivity contribution in [1.82, 2.24) is 10.3 Å². The molecule has 0 radical (unpaired) electrons. The van der Waals surface area contributed by atoms with Gasteiger partial charge in [-0.15, -0.1) is 0 Å². The fourth-order valence-electron chi connectivity index (χ4n) is 2.53. The number of aromatic nitrogens is 1. The van der Waals surface area contributed by atoms with Crippen LogP contribution in [0.15, 0.2) is 12.3 Å². The van der Waals surface area contributed by atoms with Gasteiger partial charge in [0.05, 0.1) is 20.2 Å². The number of hydrogen-bond donors (Lipinski definition) is 1. The van der Waals surface area contributed by atoms with Gasteiger partial charge in [0, 0.05) is 6.20 Å². The molecule has 3 nitrogen and oxygen atoms in total. The maximum Gasteiger partial charge on any atom is 0.132 e. The largest absolute Gasteiger partial charge is 0.364 e. The fourth-order valence-corrected chi connectivity index (χ4v) is 2.79. The van der Waals surface area contributed by atoms with Crippen molar-refractivity contribution < 1.29 is 6.11 Å². The highest BCUT2D eigenvalue weighted by Gasteiger charge is 2.40. The number of rotatable bonds is 0. The summed E-state index contributed by atoms with van der Waals surface area (Å²) < 4.78 is 12.9. The molecule has 2 atom stereocenters. The minimum Gasteiger partial charge on any atom is -0.364 e. The highest BCUT2D eigenvalue weighted by molar-refractivity contribution is 6.30. The van der Waals surface area contributed by atoms with Crippen molar-refractivity contribution in [2.75, 3.05) is 13.3 Å². The van der Waals surface area contributed by atoms with Crippen LogP contribution in [0.4, 0.5) is 0 Å². The van der Waals surface area contributed by atoms with Crippen LogP contribution in [0.3, 0.4) is 0 Å². The Hall–Kier alpha value is -0.640. The molecular weight excluding hydrogens is 212 g/mol. The first kappa shape index (κ1) is 8.50. The van der Waals surface area contributed by atoms with E-state index in [1.807, 2.05) is 6.07 Å². The van der Waals surface area contributed by atoms with Gasteiger partial charge in [-0.25, -0.2) is 4.98 Å². The Kier molecular flexibility index (Phi) is 1.95. The van der Waals surface area contributed by atoms with Crippen molar-refractivity contribution in [2.24, 2.45) is 0 Å². The van der Waals surface area contributed by atoms with Crippen LogP contribution in [-0.4, -0.2) is 18.3 Å². The highest BCUT2D eigenvalue weighted by Crippen LogP contribution is 2.39. The van der Waals surface area contributed by atoms with Crippen molar-refractivity contribution in [1.29, 1.82) is 0 Å². The molecule has 1 aliphatic heterocycles. The van der Waals surface area contributed by atoms with E-state index in [0.29, 0.717) is 11.8 Å². The summed E-state index contributed by atoms with van der Waals surface area (Å²) in [5, 5.41) is 3.80. The monoisotopic (exact) mass is 225 g/mol. The summed E-state index contributed by atoms with van der Waals surface area (Å²) >= 11 is 6.11. The van der Waals surface area contributed by atoms with Gasteiger partial charge in [0.2, 0.25) is 0 Å². The van der Waals surface area contributed by atoms with E-state index in [-0.39, 0.29) is 5.54 Å². The molecule has 0 aromatic carbocycles. The number of nitrogens with one attached hydrogen (secondary N) is 1. The van der Waals surface area contributed by atoms with Crippen molar-refractivity contribution in [3.63, 3.8) is 0 Å². The predicted molar refractivity (Wildman–Crippen MR) is 57.8 cm³/mol. The van der Waals surface area contributed by atoms with Gasteiger partial charge in [-0.2, -0.15) is 0 Å². The number of hydrogen-bond acceptors (Lipinski definition) is 3. The Balaban J connectivity index is 2.10. The van der Waals surface area contributed by atoms with Crippen LogP contribution in [0.25, 0.3) is 0 Å². The minimum absolute atomic E-state index is 0.216. The third kappa shape index (κ3) is 1.38. The number of fused-ring (bicyclic) bond motifs is 2. The summed E-state index contributed by atoms with van der Waals surface area (Å²) in [6, 6.07) is 1.99. The van der Waals surface area contributed by atoms with Crippen LogP contribution in [0, 0.1) is 0 Å². The number of pyridine rings is 1. The molecule has 4 heteroatoms. The molecule has 0 bridgehead atoms. The van der Waals surface area contributed by atoms with Gasteiger partial charge in [0.1, 0.15) is 5.15 Å². The molecule has 1 spiro atoms. The van der Waals surface area contributed by atoms with Gasteiger partial charge in [-0.05, 0) is 36.5 Å². The smallest absolute Gasteiger partial charge is 0.132 e. The second kappa shape index (κ2) is 3.44. The van der Waals surface area contributed by atoms with Crippen LogP contribution >= 0.6 is 11.6 Å². The molecule has 1 aromatic heterocycles. The average molecular weight is 226 g/mol. The summed E-state index contributed by atoms with van der Waals surface area (Å²) in [6.07, 6.45) is 4.75. The Morgan fingerprint density at radius 1 is 1.67 bits per heavy atom. The molecule has 3 rings (SSSR count). The van der Waals surface area contributed by atoms with Crippen LogP contribution in [-0.2, 0) is 16.7 Å². The van der Waals surface area contributed by atoms with Crippen molar-refractivity contribution >= 4 is 11.6 Å². The van der Waals surface area contributed by atoms with E-state index >= 15 is 0 Å². The first-order chi connectivity index (χ1) is 7.71. The molecule has 1 saturated heterocycles. The molecule has 2 unspecified atom stereocenters. The lowest BCUT2D eigenvalue weighted by Gasteiger charge is -2.34. The van der Waals surface area contributed by atoms with Gasteiger partial charge >= 0.3 is 0 Å². The van der Waals surface area contributed by atoms with Gasteiger partial charge in [0.25, 0.3) is 0 Å². The van der Waals surface area contributed by atoms with Gasteiger partial charge in [-0.3, -0.25) is 5.32 Å². The van der Waals surface area contributed by atoms with E-state index in [2.05, 4.69) is 10.3 Å². The van der Waals surface area contributed by atoms with Crippen LogP contribution in [0.2, 0.25) is 5.15 Å². The van der Waals surface area contributed by atoms with E-state index in [0.717, 1.165) is 30.4 Å². The van der Waals surface area contributed by atoms with Crippen molar-refractivity contribution in [3.05, 3.63) is 28.5 Å². The quantitative estimate of drug-likeness (QED) is 0.685. The SMILES string of the molecule is [2H]C1NC2(CCCc3c2ccnc3Cl)CO1. The summed E-state index contributed by atoms with van der Waals surface area (Å²) in [6.45, 7) is -0.0768. The maximum atomic E-state index is 7.61. The van der Waals surface area contributed by atoms with Crippen molar-refractivity contribution in [3.8, 4) is 0 Å². The molecule has 0 amide bonds. The van der Waals surface area contributed by atoms with E-state index in [1.165, 1.54) is 0 Å². The lowest BCUT2D eigenvalue weighted by molar-refractivity contribution is 0.171. The molecule has 2 aliphatic rings. The standard InChI is InChI=1S/C11H13ClN2O/c12-10-8-2-1-4-11(6-15-7-14-11)9(8)3-5-13-10/h3,5,14H,1-2,4,6-7H2/i7D. The first-order valence-corrected chi connectivity index (χ1v) is 5.54. The average Bonchev–Trinajstić information content (AvgIpc) is 2.63. The Morgan fingerprint density at radius 3 is 3.40 bits per heavy atom. The fraction of sp³-hybridized carbons (Fsp3) is 0.545. The van der Waals surface area contributed by atoms with Crippen LogP contribution < -0.4 is 5.32 Å². The highest BCUT2D eigenvalue weighted by atomic mass is 35.5. The second-order valence-corrected chi connectivity index (χ2v) is 4.49. The van der Waals surface area contributed by atoms with Gasteiger partial charge < -0.3 is 4.74 Å². The summed E-state index contributed by atoms with van der Waals surface area (Å²) in [7, 11) is 0. The van der Waals surface area contributed by atoms with E-state index in [1.54, 1.807) is 6.20 Å². The molecule has 15 heavy (non-hydrogen) atoms. The second-order valence-electron chi connectivity index (χ2n) is 4.14. The zero-order valence-electron chi connectivity index (χ0n) is 9.29. The summed E-state index contributed by atoms with van der Waals surface area (Å²) in [5.41, 5.74) is 2.06. The van der Waals surface area contributed by atoms with Crippen LogP contribution in [0.1, 0.15) is 25.3 Å². The molecule has 0 saturated carbocycles. The zero-order valence-corrected chi connectivity index (χ0v) is 9.05. The number of ether oxygens (including phenoxy) is 1. The van der Waals surface area contributed by atoms with E-state index < -0.39 is 6.71 Å². The van der Waals surface area contributed by atoms with Crippen molar-refractivity contribution in [2.45, 2.75) is 24.8 Å². The molecule has 2 heterocycles. The summed E-state index contributed by atoms with van der Waals surface area (Å²) in [4.78, 5) is 4.12. The predicted octanol–water partition coefficient (Wildman–Crippen LogP) is 1.84. The van der Waals surface area contributed by atoms with Gasteiger partial charge in [-0.1, -0.05) is 11.6 Å². The Bertz CT molecular complexity index is 428. The first-order valence-electron chi connectivity index (χ1n) is 5.74. The van der Waals surface area contributed by atoms with Gasteiger partial charge in [0.15, 0.2) is 0 Å². The van der Waals surface area contributed by atoms with E-state index in [9.17, 15) is 0 Å². The number of halogens is 1. The molecule has 80 valence electrons. The normalized spacial score (nSPS) is 35.3. The molecule has 1 N–H and O–H groups in total. The van der Waals surface area contributed by atoms with Crippen LogP contribution in [0.5, 0.6) is 0 Å². The lowest BCUT2D eigenvalue weighted by Crippen LogP contribution is -2.42. The maximum absolute atomic E-state index is 7.61. The molecule has 1 fully saturated rings. The molecule has 1 aliphatic carbocycles.